The Hall–Kier alpha value is -2.37. The first-order valence-electron chi connectivity index (χ1n) is 6.68. The summed E-state index contributed by atoms with van der Waals surface area (Å²) in [6.07, 6.45) is 0. The molecule has 0 bridgehead atoms. The third-order valence-corrected chi connectivity index (χ3v) is 2.70. The van der Waals surface area contributed by atoms with Gasteiger partial charge in [-0.2, -0.15) is 0 Å². The monoisotopic (exact) mass is 292 g/mol. The number of carboxylic acids is 1. The molecule has 1 aromatic rings. The normalized spacial score (nSPS) is 10.3. The zero-order valence-electron chi connectivity index (χ0n) is 12.4. The van der Waals surface area contributed by atoms with Gasteiger partial charge in [0.2, 0.25) is 0 Å². The molecule has 0 aliphatic heterocycles. The van der Waals surface area contributed by atoms with E-state index < -0.39 is 24.3 Å². The molecule has 114 valence electrons. The number of amides is 2. The Kier molecular flexibility index (Phi) is 5.90. The highest BCUT2D eigenvalue weighted by molar-refractivity contribution is 6.39. The van der Waals surface area contributed by atoms with Gasteiger partial charge in [0.25, 0.3) is 0 Å². The molecule has 21 heavy (non-hydrogen) atoms. The fourth-order valence-corrected chi connectivity index (χ4v) is 1.79. The summed E-state index contributed by atoms with van der Waals surface area (Å²) in [5.74, 6) is -2.75. The second kappa shape index (κ2) is 7.42. The Labute approximate surface area is 123 Å². The van der Waals surface area contributed by atoms with Crippen molar-refractivity contribution >= 4 is 23.5 Å². The summed E-state index contributed by atoms with van der Waals surface area (Å²) in [4.78, 5) is 35.8. The van der Waals surface area contributed by atoms with Crippen LogP contribution >= 0.6 is 0 Å². The van der Waals surface area contributed by atoms with Crippen molar-refractivity contribution in [1.82, 2.24) is 4.90 Å². The highest BCUT2D eigenvalue weighted by atomic mass is 16.4. The van der Waals surface area contributed by atoms with Crippen molar-refractivity contribution in [2.24, 2.45) is 5.92 Å². The van der Waals surface area contributed by atoms with Crippen molar-refractivity contribution < 1.29 is 19.5 Å². The number of nitrogens with one attached hydrogen (secondary N) is 1. The van der Waals surface area contributed by atoms with Gasteiger partial charge in [-0.1, -0.05) is 31.5 Å². The van der Waals surface area contributed by atoms with Crippen molar-refractivity contribution in [3.63, 3.8) is 0 Å². The number of rotatable bonds is 5. The minimum Gasteiger partial charge on any atom is -0.480 e. The maximum Gasteiger partial charge on any atom is 0.323 e. The molecule has 0 unspecified atom stereocenters. The van der Waals surface area contributed by atoms with Crippen molar-refractivity contribution in [1.29, 1.82) is 0 Å². The Bertz CT molecular complexity index is 523. The first kappa shape index (κ1) is 16.7. The van der Waals surface area contributed by atoms with Gasteiger partial charge >= 0.3 is 17.8 Å². The number of aliphatic carboxylic acids is 1. The summed E-state index contributed by atoms with van der Waals surface area (Å²) in [5, 5.41) is 11.3. The number of anilines is 1. The van der Waals surface area contributed by atoms with E-state index in [1.165, 1.54) is 0 Å². The van der Waals surface area contributed by atoms with E-state index in [4.69, 9.17) is 5.11 Å². The molecule has 0 aromatic heterocycles. The molecule has 1 rings (SSSR count). The minimum absolute atomic E-state index is 0.0699. The SMILES string of the molecule is Cc1ccc(NC(=O)C(=O)N(CC(=O)O)CC(C)C)cc1. The molecule has 2 N–H and O–H groups in total. The predicted octanol–water partition coefficient (Wildman–Crippen LogP) is 1.50. The molecular formula is C15H20N2O4. The van der Waals surface area contributed by atoms with Crippen molar-refractivity contribution in [2.75, 3.05) is 18.4 Å². The molecule has 1 aromatic carbocycles. The summed E-state index contributed by atoms with van der Waals surface area (Å²) in [6.45, 7) is 5.33. The van der Waals surface area contributed by atoms with E-state index in [1.54, 1.807) is 12.1 Å². The molecule has 0 saturated carbocycles. The number of carboxylic acid groups (broad SMARTS) is 1. The molecule has 0 fully saturated rings. The standard InChI is InChI=1S/C15H20N2O4/c1-10(2)8-17(9-13(18)19)15(21)14(20)16-12-6-4-11(3)5-7-12/h4-7,10H,8-9H2,1-3H3,(H,16,20)(H,18,19). The average Bonchev–Trinajstić information content (AvgIpc) is 2.38. The Morgan fingerprint density at radius 2 is 1.76 bits per heavy atom. The number of nitrogens with zero attached hydrogens (tertiary/aromatic N) is 1. The number of benzene rings is 1. The van der Waals surface area contributed by atoms with Crippen LogP contribution in [-0.2, 0) is 14.4 Å². The van der Waals surface area contributed by atoms with E-state index in [-0.39, 0.29) is 12.5 Å². The van der Waals surface area contributed by atoms with Gasteiger partial charge in [0.15, 0.2) is 0 Å². The van der Waals surface area contributed by atoms with Gasteiger partial charge in [-0.25, -0.2) is 0 Å². The highest BCUT2D eigenvalue weighted by Gasteiger charge is 2.24. The van der Waals surface area contributed by atoms with Crippen LogP contribution in [0.5, 0.6) is 0 Å². The lowest BCUT2D eigenvalue weighted by Gasteiger charge is -2.22. The van der Waals surface area contributed by atoms with Gasteiger partial charge in [0.1, 0.15) is 6.54 Å². The van der Waals surface area contributed by atoms with E-state index in [9.17, 15) is 14.4 Å². The summed E-state index contributed by atoms with van der Waals surface area (Å²) in [6, 6.07) is 6.99. The number of carbonyl (C=O) groups is 3. The topological polar surface area (TPSA) is 86.7 Å². The smallest absolute Gasteiger partial charge is 0.323 e. The number of hydrogen-bond acceptors (Lipinski definition) is 3. The van der Waals surface area contributed by atoms with Crippen LogP contribution < -0.4 is 5.32 Å². The van der Waals surface area contributed by atoms with Crippen LogP contribution in [0.3, 0.4) is 0 Å². The summed E-state index contributed by atoms with van der Waals surface area (Å²) in [5.41, 5.74) is 1.53. The van der Waals surface area contributed by atoms with Crippen molar-refractivity contribution in [3.05, 3.63) is 29.8 Å². The second-order valence-corrected chi connectivity index (χ2v) is 5.29. The van der Waals surface area contributed by atoms with Crippen LogP contribution in [0.15, 0.2) is 24.3 Å². The fraction of sp³-hybridized carbons (Fsp3) is 0.400. The van der Waals surface area contributed by atoms with Gasteiger partial charge in [0, 0.05) is 12.2 Å². The lowest BCUT2D eigenvalue weighted by atomic mass is 10.2. The average molecular weight is 292 g/mol. The molecule has 0 spiro atoms. The van der Waals surface area contributed by atoms with Crippen LogP contribution in [0.2, 0.25) is 0 Å². The Morgan fingerprint density at radius 1 is 1.19 bits per heavy atom. The molecule has 6 nitrogen and oxygen atoms in total. The lowest BCUT2D eigenvalue weighted by molar-refractivity contribution is -0.148. The number of carbonyl (C=O) groups excluding carboxylic acids is 2. The van der Waals surface area contributed by atoms with Crippen molar-refractivity contribution in [2.45, 2.75) is 20.8 Å². The minimum atomic E-state index is -1.15. The summed E-state index contributed by atoms with van der Waals surface area (Å²) < 4.78 is 0. The van der Waals surface area contributed by atoms with Crippen LogP contribution in [-0.4, -0.2) is 40.9 Å². The van der Waals surface area contributed by atoms with Gasteiger partial charge in [0.05, 0.1) is 0 Å². The Morgan fingerprint density at radius 3 is 2.24 bits per heavy atom. The molecule has 0 atom stereocenters. The van der Waals surface area contributed by atoms with E-state index >= 15 is 0 Å². The van der Waals surface area contributed by atoms with Crippen LogP contribution in [0.25, 0.3) is 0 Å². The van der Waals surface area contributed by atoms with Crippen LogP contribution in [0, 0.1) is 12.8 Å². The van der Waals surface area contributed by atoms with E-state index in [2.05, 4.69) is 5.32 Å². The van der Waals surface area contributed by atoms with E-state index in [1.807, 2.05) is 32.9 Å². The number of hydrogen-bond donors (Lipinski definition) is 2. The summed E-state index contributed by atoms with van der Waals surface area (Å²) >= 11 is 0. The predicted molar refractivity (Wildman–Crippen MR) is 78.9 cm³/mol. The van der Waals surface area contributed by atoms with Gasteiger partial charge in [-0.05, 0) is 25.0 Å². The second-order valence-electron chi connectivity index (χ2n) is 5.29. The molecule has 0 radical (unpaired) electrons. The molecule has 0 aliphatic carbocycles. The molecule has 2 amide bonds. The van der Waals surface area contributed by atoms with Gasteiger partial charge in [-0.15, -0.1) is 0 Å². The Balaban J connectivity index is 2.75. The fourth-order valence-electron chi connectivity index (χ4n) is 1.79. The molecule has 0 saturated heterocycles. The first-order chi connectivity index (χ1) is 9.79. The summed E-state index contributed by atoms with van der Waals surface area (Å²) in [7, 11) is 0. The molecule has 0 aliphatic rings. The van der Waals surface area contributed by atoms with Crippen LogP contribution in [0.1, 0.15) is 19.4 Å². The third-order valence-electron chi connectivity index (χ3n) is 2.70. The van der Waals surface area contributed by atoms with E-state index in [0.29, 0.717) is 5.69 Å². The van der Waals surface area contributed by atoms with E-state index in [0.717, 1.165) is 10.5 Å². The van der Waals surface area contributed by atoms with Crippen molar-refractivity contribution in [3.8, 4) is 0 Å². The van der Waals surface area contributed by atoms with Crippen LogP contribution in [0.4, 0.5) is 5.69 Å². The maximum absolute atomic E-state index is 12.0. The lowest BCUT2D eigenvalue weighted by Crippen LogP contribution is -2.44. The maximum atomic E-state index is 12.0. The molecular weight excluding hydrogens is 272 g/mol. The van der Waals surface area contributed by atoms with Gasteiger partial charge in [-0.3, -0.25) is 14.4 Å². The van der Waals surface area contributed by atoms with Gasteiger partial charge < -0.3 is 15.3 Å². The highest BCUT2D eigenvalue weighted by Crippen LogP contribution is 2.09. The third kappa shape index (κ3) is 5.64. The largest absolute Gasteiger partial charge is 0.480 e. The molecule has 0 heterocycles. The first-order valence-corrected chi connectivity index (χ1v) is 6.68. The quantitative estimate of drug-likeness (QED) is 0.805. The zero-order valence-corrected chi connectivity index (χ0v) is 12.4. The number of aryl methyl sites for hydroxylation is 1. The zero-order chi connectivity index (χ0) is 16.0. The molecule has 6 heteroatoms.